The van der Waals surface area contributed by atoms with E-state index in [1.165, 1.54) is 11.8 Å². The third kappa shape index (κ3) is 4.79. The number of aromatic nitrogens is 2. The van der Waals surface area contributed by atoms with E-state index in [0.717, 1.165) is 11.4 Å². The van der Waals surface area contributed by atoms with Crippen molar-refractivity contribution in [1.82, 2.24) is 15.4 Å². The van der Waals surface area contributed by atoms with Crippen LogP contribution in [0, 0.1) is 13.8 Å². The second-order valence-corrected chi connectivity index (χ2v) is 6.69. The number of carbonyl (C=O) groups is 1. The lowest BCUT2D eigenvalue weighted by atomic mass is 10.1. The number of benzene rings is 1. The molecule has 0 aliphatic heterocycles. The van der Waals surface area contributed by atoms with Crippen LogP contribution in [0.5, 0.6) is 5.75 Å². The van der Waals surface area contributed by atoms with Gasteiger partial charge in [0.15, 0.2) is 5.16 Å². The van der Waals surface area contributed by atoms with Gasteiger partial charge in [-0.1, -0.05) is 23.9 Å². The number of rotatable bonds is 5. The highest BCUT2D eigenvalue weighted by atomic mass is 32.2. The maximum absolute atomic E-state index is 12.2. The van der Waals surface area contributed by atoms with Crippen LogP contribution in [0.4, 0.5) is 0 Å². The van der Waals surface area contributed by atoms with Gasteiger partial charge in [-0.3, -0.25) is 4.79 Å². The number of hydrogen-bond donors (Lipinski definition) is 2. The van der Waals surface area contributed by atoms with E-state index < -0.39 is 5.25 Å². The SMILES string of the molecule is CC(=NNC(=O)C(C)Sc1nc(C)cc(C)n1)c1ccccc1O. The van der Waals surface area contributed by atoms with Crippen molar-refractivity contribution >= 4 is 23.4 Å². The molecule has 126 valence electrons. The average molecular weight is 344 g/mol. The van der Waals surface area contributed by atoms with Crippen LogP contribution in [0.1, 0.15) is 30.8 Å². The third-order valence-corrected chi connectivity index (χ3v) is 4.20. The molecule has 0 fully saturated rings. The van der Waals surface area contributed by atoms with Gasteiger partial charge in [0, 0.05) is 17.0 Å². The number of aromatic hydroxyl groups is 1. The van der Waals surface area contributed by atoms with Gasteiger partial charge in [0.25, 0.3) is 5.91 Å². The molecule has 1 aromatic heterocycles. The van der Waals surface area contributed by atoms with Crippen LogP contribution in [0.25, 0.3) is 0 Å². The topological polar surface area (TPSA) is 87.5 Å². The predicted octanol–water partition coefficient (Wildman–Crippen LogP) is 2.82. The number of thioether (sulfide) groups is 1. The van der Waals surface area contributed by atoms with Gasteiger partial charge in [-0.2, -0.15) is 5.10 Å². The summed E-state index contributed by atoms with van der Waals surface area (Å²) in [5.41, 5.74) is 5.36. The monoisotopic (exact) mass is 344 g/mol. The second kappa shape index (κ2) is 7.92. The zero-order valence-corrected chi connectivity index (χ0v) is 14.9. The minimum Gasteiger partial charge on any atom is -0.507 e. The number of aryl methyl sites for hydroxylation is 2. The first-order valence-corrected chi connectivity index (χ1v) is 8.36. The van der Waals surface area contributed by atoms with E-state index in [9.17, 15) is 9.90 Å². The summed E-state index contributed by atoms with van der Waals surface area (Å²) in [5.74, 6) is -0.128. The Hall–Kier alpha value is -2.41. The van der Waals surface area contributed by atoms with Gasteiger partial charge in [-0.05, 0) is 45.9 Å². The normalized spacial score (nSPS) is 12.8. The Morgan fingerprint density at radius 3 is 2.50 bits per heavy atom. The number of hydrogen-bond acceptors (Lipinski definition) is 6. The number of hydrazone groups is 1. The smallest absolute Gasteiger partial charge is 0.253 e. The molecule has 1 heterocycles. The highest BCUT2D eigenvalue weighted by Crippen LogP contribution is 2.20. The average Bonchev–Trinajstić information content (AvgIpc) is 2.51. The molecule has 0 bridgehead atoms. The van der Waals surface area contributed by atoms with Crippen LogP contribution >= 0.6 is 11.8 Å². The molecule has 6 nitrogen and oxygen atoms in total. The molecule has 7 heteroatoms. The Balaban J connectivity index is 2.01. The number of nitrogens with one attached hydrogen (secondary N) is 1. The van der Waals surface area contributed by atoms with Crippen molar-refractivity contribution in [2.45, 2.75) is 38.1 Å². The lowest BCUT2D eigenvalue weighted by Crippen LogP contribution is -2.28. The van der Waals surface area contributed by atoms with Crippen molar-refractivity contribution in [3.8, 4) is 5.75 Å². The summed E-state index contributed by atoms with van der Waals surface area (Å²) in [5, 5.41) is 14.0. The minimum atomic E-state index is -0.396. The Kier molecular flexibility index (Phi) is 5.92. The van der Waals surface area contributed by atoms with E-state index in [1.807, 2.05) is 19.9 Å². The quantitative estimate of drug-likeness (QED) is 0.377. The summed E-state index contributed by atoms with van der Waals surface area (Å²) < 4.78 is 0. The number of phenols is 1. The molecule has 1 unspecified atom stereocenters. The fourth-order valence-corrected chi connectivity index (χ4v) is 2.90. The van der Waals surface area contributed by atoms with Crippen LogP contribution in [0.15, 0.2) is 40.6 Å². The first-order chi connectivity index (χ1) is 11.4. The lowest BCUT2D eigenvalue weighted by Gasteiger charge is -2.10. The summed E-state index contributed by atoms with van der Waals surface area (Å²) in [6.07, 6.45) is 0. The Morgan fingerprint density at radius 2 is 1.88 bits per heavy atom. The van der Waals surface area contributed by atoms with Gasteiger partial charge in [-0.25, -0.2) is 15.4 Å². The van der Waals surface area contributed by atoms with Gasteiger partial charge in [-0.15, -0.1) is 0 Å². The molecule has 0 saturated heterocycles. The van der Waals surface area contributed by atoms with E-state index >= 15 is 0 Å². The summed E-state index contributed by atoms with van der Waals surface area (Å²) in [6, 6.07) is 8.72. The zero-order chi connectivity index (χ0) is 17.7. The maximum atomic E-state index is 12.2. The molecular formula is C17H20N4O2S. The van der Waals surface area contributed by atoms with E-state index in [4.69, 9.17) is 0 Å². The van der Waals surface area contributed by atoms with Gasteiger partial charge in [0.05, 0.1) is 11.0 Å². The van der Waals surface area contributed by atoms with Crippen molar-refractivity contribution < 1.29 is 9.90 Å². The lowest BCUT2D eigenvalue weighted by molar-refractivity contribution is -0.120. The molecule has 1 aromatic carbocycles. The first kappa shape index (κ1) is 17.9. The molecule has 24 heavy (non-hydrogen) atoms. The summed E-state index contributed by atoms with van der Waals surface area (Å²) in [7, 11) is 0. The Morgan fingerprint density at radius 1 is 1.25 bits per heavy atom. The van der Waals surface area contributed by atoms with Crippen molar-refractivity contribution in [1.29, 1.82) is 0 Å². The van der Waals surface area contributed by atoms with Crippen LogP contribution in [-0.2, 0) is 4.79 Å². The van der Waals surface area contributed by atoms with Gasteiger partial charge in [0.2, 0.25) is 0 Å². The molecule has 0 aliphatic rings. The molecular weight excluding hydrogens is 324 g/mol. The van der Waals surface area contributed by atoms with Gasteiger partial charge in [0.1, 0.15) is 5.75 Å². The molecule has 2 aromatic rings. The fourth-order valence-electron chi connectivity index (χ4n) is 2.03. The Labute approximate surface area is 145 Å². The molecule has 0 aliphatic carbocycles. The summed E-state index contributed by atoms with van der Waals surface area (Å²) in [4.78, 5) is 20.8. The van der Waals surface area contributed by atoms with Crippen LogP contribution in [0.2, 0.25) is 0 Å². The van der Waals surface area contributed by atoms with E-state index in [1.54, 1.807) is 38.1 Å². The van der Waals surface area contributed by atoms with Crippen molar-refractivity contribution in [2.75, 3.05) is 0 Å². The van der Waals surface area contributed by atoms with Crippen LogP contribution in [-0.4, -0.2) is 31.9 Å². The van der Waals surface area contributed by atoms with Gasteiger partial charge < -0.3 is 5.11 Å². The second-order valence-electron chi connectivity index (χ2n) is 5.38. The maximum Gasteiger partial charge on any atom is 0.253 e. The summed E-state index contributed by atoms with van der Waals surface area (Å²) >= 11 is 1.28. The minimum absolute atomic E-state index is 0.124. The largest absolute Gasteiger partial charge is 0.507 e. The van der Waals surface area contributed by atoms with Crippen molar-refractivity contribution in [3.63, 3.8) is 0 Å². The van der Waals surface area contributed by atoms with E-state index in [0.29, 0.717) is 16.4 Å². The van der Waals surface area contributed by atoms with Crippen LogP contribution in [0.3, 0.4) is 0 Å². The number of amides is 1. The van der Waals surface area contributed by atoms with Crippen LogP contribution < -0.4 is 5.43 Å². The zero-order valence-electron chi connectivity index (χ0n) is 14.1. The molecule has 0 radical (unpaired) electrons. The van der Waals surface area contributed by atoms with E-state index in [2.05, 4.69) is 20.5 Å². The standard InChI is InChI=1S/C17H20N4O2S/c1-10-9-11(2)19-17(18-10)24-13(4)16(23)21-20-12(3)14-7-5-6-8-15(14)22/h5-9,13,22H,1-4H3,(H,21,23). The fraction of sp³-hybridized carbons (Fsp3) is 0.294. The highest BCUT2D eigenvalue weighted by molar-refractivity contribution is 8.00. The van der Waals surface area contributed by atoms with Crippen molar-refractivity contribution in [3.05, 3.63) is 47.3 Å². The number of nitrogens with zero attached hydrogens (tertiary/aromatic N) is 3. The molecule has 2 rings (SSSR count). The number of para-hydroxylation sites is 1. The Bertz CT molecular complexity index is 757. The molecule has 0 saturated carbocycles. The third-order valence-electron chi connectivity index (χ3n) is 3.24. The summed E-state index contributed by atoms with van der Waals surface area (Å²) in [6.45, 7) is 7.28. The van der Waals surface area contributed by atoms with Gasteiger partial charge >= 0.3 is 0 Å². The van der Waals surface area contributed by atoms with E-state index in [-0.39, 0.29) is 11.7 Å². The molecule has 1 amide bonds. The number of carbonyl (C=O) groups excluding carboxylic acids is 1. The molecule has 1 atom stereocenters. The first-order valence-electron chi connectivity index (χ1n) is 7.48. The highest BCUT2D eigenvalue weighted by Gasteiger charge is 2.16. The van der Waals surface area contributed by atoms with Crippen molar-refractivity contribution in [2.24, 2.45) is 5.10 Å². The molecule has 0 spiro atoms. The predicted molar refractivity (Wildman–Crippen MR) is 95.3 cm³/mol. The number of phenolic OH excluding ortho intramolecular Hbond substituents is 1. The molecule has 2 N–H and O–H groups in total.